The molecule has 0 heterocycles. The molecule has 0 N–H and O–H groups in total. The molecule has 1 fully saturated rings. The highest BCUT2D eigenvalue weighted by atomic mass is 32.2. The number of methoxy groups -OCH3 is 1. The molecule has 0 saturated heterocycles. The zero-order valence-corrected chi connectivity index (χ0v) is 10.8. The van der Waals surface area contributed by atoms with Crippen LogP contribution in [0.5, 0.6) is 0 Å². The molecule has 0 bridgehead atoms. The summed E-state index contributed by atoms with van der Waals surface area (Å²) < 4.78 is 31.6. The lowest BCUT2D eigenvalue weighted by molar-refractivity contribution is -0.148. The van der Waals surface area contributed by atoms with Crippen LogP contribution in [0.3, 0.4) is 0 Å². The van der Waals surface area contributed by atoms with Gasteiger partial charge in [0.1, 0.15) is 0 Å². The third-order valence-corrected chi connectivity index (χ3v) is 3.61. The molecule has 6 heteroatoms. The summed E-state index contributed by atoms with van der Waals surface area (Å²) in [4.78, 5) is 11.5. The van der Waals surface area contributed by atoms with E-state index in [0.29, 0.717) is 12.8 Å². The molecule has 0 aromatic rings. The normalized spacial score (nSPS) is 29.0. The fraction of sp³-hybridized carbons (Fsp3) is 0.900. The summed E-state index contributed by atoms with van der Waals surface area (Å²) >= 11 is 0. The molecule has 0 spiro atoms. The van der Waals surface area contributed by atoms with Gasteiger partial charge in [0.15, 0.2) is 0 Å². The van der Waals surface area contributed by atoms with Crippen LogP contribution in [0.2, 0.25) is 0 Å². The van der Waals surface area contributed by atoms with Crippen molar-refractivity contribution in [2.45, 2.75) is 32.8 Å². The van der Waals surface area contributed by atoms with E-state index in [1.165, 1.54) is 7.11 Å². The van der Waals surface area contributed by atoms with Crippen molar-refractivity contribution < 1.29 is 22.1 Å². The highest BCUT2D eigenvalue weighted by molar-refractivity contribution is 7.86. The lowest BCUT2D eigenvalue weighted by Gasteiger charge is -2.23. The predicted molar refractivity (Wildman–Crippen MR) is 58.2 cm³/mol. The maximum absolute atomic E-state index is 11.5. The van der Waals surface area contributed by atoms with Gasteiger partial charge in [0.2, 0.25) is 0 Å². The van der Waals surface area contributed by atoms with Gasteiger partial charge >= 0.3 is 5.97 Å². The van der Waals surface area contributed by atoms with Crippen LogP contribution in [0.4, 0.5) is 0 Å². The van der Waals surface area contributed by atoms with Crippen LogP contribution >= 0.6 is 0 Å². The Morgan fingerprint density at radius 2 is 1.94 bits per heavy atom. The number of hydrogen-bond donors (Lipinski definition) is 0. The zero-order chi connectivity index (χ0) is 12.6. The molecule has 16 heavy (non-hydrogen) atoms. The average molecular weight is 250 g/mol. The fourth-order valence-corrected chi connectivity index (χ4v) is 2.91. The number of hydrogen-bond acceptors (Lipinski definition) is 5. The summed E-state index contributed by atoms with van der Waals surface area (Å²) in [6.45, 7) is 3.83. The third-order valence-electron chi connectivity index (χ3n) is 2.99. The Balaban J connectivity index is 2.75. The molecule has 0 aromatic heterocycles. The van der Waals surface area contributed by atoms with Crippen LogP contribution in [0, 0.1) is 11.3 Å². The maximum atomic E-state index is 11.5. The Morgan fingerprint density at radius 1 is 1.38 bits per heavy atom. The van der Waals surface area contributed by atoms with Gasteiger partial charge in [-0.3, -0.25) is 8.98 Å². The number of rotatable bonds is 3. The van der Waals surface area contributed by atoms with E-state index in [2.05, 4.69) is 0 Å². The number of ether oxygens (including phenoxy) is 1. The van der Waals surface area contributed by atoms with Gasteiger partial charge in [-0.15, -0.1) is 0 Å². The number of carbonyl (C=O) groups excluding carboxylic acids is 1. The lowest BCUT2D eigenvalue weighted by atomic mass is 9.82. The Hall–Kier alpha value is -0.620. The van der Waals surface area contributed by atoms with Gasteiger partial charge < -0.3 is 4.74 Å². The van der Waals surface area contributed by atoms with E-state index < -0.39 is 16.2 Å². The Morgan fingerprint density at radius 3 is 2.38 bits per heavy atom. The summed E-state index contributed by atoms with van der Waals surface area (Å²) in [6, 6.07) is 0. The molecular weight excluding hydrogens is 232 g/mol. The largest absolute Gasteiger partial charge is 0.469 e. The van der Waals surface area contributed by atoms with Crippen LogP contribution in [-0.4, -0.2) is 33.9 Å². The van der Waals surface area contributed by atoms with E-state index >= 15 is 0 Å². The van der Waals surface area contributed by atoms with E-state index in [-0.39, 0.29) is 17.3 Å². The first-order valence-electron chi connectivity index (χ1n) is 5.12. The second kappa shape index (κ2) is 4.33. The maximum Gasteiger partial charge on any atom is 0.309 e. The van der Waals surface area contributed by atoms with Crippen LogP contribution < -0.4 is 0 Å². The quantitative estimate of drug-likeness (QED) is 0.550. The molecule has 0 aromatic carbocycles. The molecule has 0 radical (unpaired) electrons. The standard InChI is InChI=1S/C10H18O5S/c1-10(2)6-7(15-16(4,12)13)5-8(10)9(11)14-3/h7-8H,5-6H2,1-4H3/t7-,8-/m1/s1. The van der Waals surface area contributed by atoms with Crippen LogP contribution in [0.15, 0.2) is 0 Å². The van der Waals surface area contributed by atoms with Gasteiger partial charge in [-0.05, 0) is 18.3 Å². The van der Waals surface area contributed by atoms with Crippen molar-refractivity contribution in [3.63, 3.8) is 0 Å². The molecule has 0 unspecified atom stereocenters. The Labute approximate surface area is 96.2 Å². The molecule has 0 aliphatic heterocycles. The first-order valence-corrected chi connectivity index (χ1v) is 6.93. The van der Waals surface area contributed by atoms with Crippen molar-refractivity contribution >= 4 is 16.1 Å². The summed E-state index contributed by atoms with van der Waals surface area (Å²) in [6.07, 6.45) is 1.53. The highest BCUT2D eigenvalue weighted by Gasteiger charge is 2.46. The molecule has 5 nitrogen and oxygen atoms in total. The van der Waals surface area contributed by atoms with Gasteiger partial charge in [-0.2, -0.15) is 8.42 Å². The Bertz CT molecular complexity index is 371. The van der Waals surface area contributed by atoms with Crippen LogP contribution in [-0.2, 0) is 23.8 Å². The zero-order valence-electron chi connectivity index (χ0n) is 10.0. The van der Waals surface area contributed by atoms with E-state index in [1.54, 1.807) is 0 Å². The van der Waals surface area contributed by atoms with Gasteiger partial charge in [-0.1, -0.05) is 13.8 Å². The minimum absolute atomic E-state index is 0.289. The van der Waals surface area contributed by atoms with E-state index in [1.807, 2.05) is 13.8 Å². The predicted octanol–water partition coefficient (Wildman–Crippen LogP) is 0.940. The molecule has 1 aliphatic rings. The van der Waals surface area contributed by atoms with Crippen molar-refractivity contribution in [1.82, 2.24) is 0 Å². The molecule has 94 valence electrons. The van der Waals surface area contributed by atoms with Gasteiger partial charge in [-0.25, -0.2) is 0 Å². The molecule has 0 amide bonds. The summed E-state index contributed by atoms with van der Waals surface area (Å²) in [5, 5.41) is 0. The van der Waals surface area contributed by atoms with Crippen LogP contribution in [0.25, 0.3) is 0 Å². The fourth-order valence-electron chi connectivity index (χ4n) is 2.27. The molecule has 1 saturated carbocycles. The van der Waals surface area contributed by atoms with E-state index in [4.69, 9.17) is 8.92 Å². The SMILES string of the molecule is COC(=O)[C@H]1C[C@@H](OS(C)(=O)=O)CC1(C)C. The van der Waals surface area contributed by atoms with E-state index in [0.717, 1.165) is 6.26 Å². The monoisotopic (exact) mass is 250 g/mol. The van der Waals surface area contributed by atoms with E-state index in [9.17, 15) is 13.2 Å². The lowest BCUT2D eigenvalue weighted by Crippen LogP contribution is -2.26. The van der Waals surface area contributed by atoms with Crippen molar-refractivity contribution in [1.29, 1.82) is 0 Å². The minimum Gasteiger partial charge on any atom is -0.469 e. The second-order valence-corrected chi connectivity index (χ2v) is 6.53. The van der Waals surface area contributed by atoms with Crippen LogP contribution in [0.1, 0.15) is 26.7 Å². The molecule has 1 rings (SSSR count). The number of esters is 1. The van der Waals surface area contributed by atoms with Crippen molar-refractivity contribution in [2.24, 2.45) is 11.3 Å². The molecule has 1 aliphatic carbocycles. The number of carbonyl (C=O) groups is 1. The van der Waals surface area contributed by atoms with Crippen molar-refractivity contribution in [3.05, 3.63) is 0 Å². The summed E-state index contributed by atoms with van der Waals surface area (Å²) in [5.74, 6) is -0.603. The molecular formula is C10H18O5S. The second-order valence-electron chi connectivity index (χ2n) is 4.93. The first-order chi connectivity index (χ1) is 7.15. The summed E-state index contributed by atoms with van der Waals surface area (Å²) in [7, 11) is -2.13. The van der Waals surface area contributed by atoms with Gasteiger partial charge in [0, 0.05) is 0 Å². The van der Waals surface area contributed by atoms with Crippen molar-refractivity contribution in [2.75, 3.05) is 13.4 Å². The average Bonchev–Trinajstić information content (AvgIpc) is 2.36. The topological polar surface area (TPSA) is 69.7 Å². The first kappa shape index (κ1) is 13.4. The molecule has 2 atom stereocenters. The van der Waals surface area contributed by atoms with Gasteiger partial charge in [0.25, 0.3) is 10.1 Å². The summed E-state index contributed by atoms with van der Waals surface area (Å²) in [5.41, 5.74) is -0.289. The smallest absolute Gasteiger partial charge is 0.309 e. The minimum atomic E-state index is -3.47. The Kier molecular flexibility index (Phi) is 3.64. The van der Waals surface area contributed by atoms with Gasteiger partial charge in [0.05, 0.1) is 25.4 Å². The third kappa shape index (κ3) is 3.18. The highest BCUT2D eigenvalue weighted by Crippen LogP contribution is 2.44. The van der Waals surface area contributed by atoms with Crippen molar-refractivity contribution in [3.8, 4) is 0 Å².